The molecule has 0 unspecified atom stereocenters. The van der Waals surface area contributed by atoms with Crippen molar-refractivity contribution < 1.29 is 0 Å². The molecule has 4 rings (SSSR count). The summed E-state index contributed by atoms with van der Waals surface area (Å²) in [5.74, 6) is 0. The third kappa shape index (κ3) is 3.56. The molecule has 1 heterocycles. The van der Waals surface area contributed by atoms with E-state index in [0.717, 1.165) is 5.71 Å². The molecule has 0 amide bonds. The van der Waals surface area contributed by atoms with Gasteiger partial charge in [-0.2, -0.15) is 0 Å². The Labute approximate surface area is 158 Å². The van der Waals surface area contributed by atoms with Crippen molar-refractivity contribution in [2.75, 3.05) is 7.05 Å². The Morgan fingerprint density at radius 3 is 1.58 bits per heavy atom. The number of aliphatic imine (C=N–C) groups is 1. The van der Waals surface area contributed by atoms with Gasteiger partial charge in [0.05, 0.1) is 5.71 Å². The average Bonchev–Trinajstić information content (AvgIpc) is 2.75. The van der Waals surface area contributed by atoms with Crippen LogP contribution in [-0.4, -0.2) is 12.8 Å². The maximum absolute atomic E-state index is 4.24. The number of rotatable bonds is 2. The van der Waals surface area contributed by atoms with Crippen LogP contribution in [0.25, 0.3) is 9.81 Å². The molecule has 0 spiro atoms. The Morgan fingerprint density at radius 2 is 1.12 bits per heavy atom. The summed E-state index contributed by atoms with van der Waals surface area (Å²) < 4.78 is 0. The monoisotopic (exact) mass is 353 g/mol. The largest absolute Gasteiger partial charge is 0.289 e. The summed E-state index contributed by atoms with van der Waals surface area (Å²) in [6.45, 7) is 0. The first-order chi connectivity index (χ1) is 12.8. The predicted octanol–water partition coefficient (Wildman–Crippen LogP) is 6.31. The van der Waals surface area contributed by atoms with Gasteiger partial charge in [0.2, 0.25) is 0 Å². The third-order valence-electron chi connectivity index (χ3n) is 4.37. The number of benzene rings is 2. The van der Waals surface area contributed by atoms with Crippen molar-refractivity contribution in [1.82, 2.24) is 0 Å². The van der Waals surface area contributed by atoms with E-state index >= 15 is 0 Å². The highest BCUT2D eigenvalue weighted by atomic mass is 32.2. The zero-order valence-corrected chi connectivity index (χ0v) is 15.4. The molecular weight excluding hydrogens is 334 g/mol. The Bertz CT molecular complexity index is 912. The third-order valence-corrected chi connectivity index (χ3v) is 5.52. The number of hydrogen-bond acceptors (Lipinski definition) is 2. The molecule has 2 aromatic carbocycles. The Morgan fingerprint density at radius 1 is 0.615 bits per heavy atom. The molecule has 0 N–H and O–H groups in total. The van der Waals surface area contributed by atoms with Crippen LogP contribution < -0.4 is 0 Å². The lowest BCUT2D eigenvalue weighted by Gasteiger charge is -2.19. The van der Waals surface area contributed by atoms with Gasteiger partial charge in [-0.3, -0.25) is 4.99 Å². The van der Waals surface area contributed by atoms with E-state index in [1.54, 1.807) is 0 Å². The smallest absolute Gasteiger partial charge is 0.0571 e. The number of thioether (sulfide) groups is 1. The van der Waals surface area contributed by atoms with Crippen molar-refractivity contribution in [3.63, 3.8) is 0 Å². The van der Waals surface area contributed by atoms with Gasteiger partial charge >= 0.3 is 0 Å². The van der Waals surface area contributed by atoms with E-state index < -0.39 is 0 Å². The van der Waals surface area contributed by atoms with Gasteiger partial charge in [0, 0.05) is 16.9 Å². The van der Waals surface area contributed by atoms with Crippen LogP contribution in [0.15, 0.2) is 113 Å². The van der Waals surface area contributed by atoms with E-state index in [4.69, 9.17) is 0 Å². The fraction of sp³-hybridized carbons (Fsp3) is 0.0417. The van der Waals surface area contributed by atoms with Gasteiger partial charge in [0.25, 0.3) is 0 Å². The summed E-state index contributed by atoms with van der Waals surface area (Å²) >= 11 is 1.83. The molecule has 0 aromatic heterocycles. The van der Waals surface area contributed by atoms with Crippen LogP contribution in [0.5, 0.6) is 0 Å². The van der Waals surface area contributed by atoms with Crippen LogP contribution in [0.3, 0.4) is 0 Å². The van der Waals surface area contributed by atoms with E-state index in [1.165, 1.54) is 32.1 Å². The highest BCUT2D eigenvalue weighted by molar-refractivity contribution is 8.16. The zero-order chi connectivity index (χ0) is 17.8. The van der Waals surface area contributed by atoms with Crippen LogP contribution >= 0.6 is 11.8 Å². The van der Waals surface area contributed by atoms with Crippen molar-refractivity contribution >= 4 is 27.3 Å². The van der Waals surface area contributed by atoms with Crippen LogP contribution in [0.1, 0.15) is 11.1 Å². The molecule has 2 aliphatic rings. The molecular formula is C24H19NS. The van der Waals surface area contributed by atoms with Crippen LogP contribution in [0.4, 0.5) is 0 Å². The molecule has 0 radical (unpaired) electrons. The normalized spacial score (nSPS) is 16.4. The minimum Gasteiger partial charge on any atom is -0.289 e. The molecule has 126 valence electrons. The van der Waals surface area contributed by atoms with E-state index in [1.807, 2.05) is 18.8 Å². The molecule has 2 aromatic rings. The molecule has 0 saturated heterocycles. The number of allylic oxidation sites excluding steroid dienone is 8. The minimum absolute atomic E-state index is 0.999. The molecule has 0 bridgehead atoms. The van der Waals surface area contributed by atoms with Gasteiger partial charge in [-0.15, -0.1) is 0 Å². The molecule has 1 aliphatic carbocycles. The number of nitrogens with zero attached hydrogens (tertiary/aromatic N) is 1. The summed E-state index contributed by atoms with van der Waals surface area (Å²) in [7, 11) is 1.82. The lowest BCUT2D eigenvalue weighted by molar-refractivity contribution is 1.44. The summed E-state index contributed by atoms with van der Waals surface area (Å²) in [6, 6.07) is 21.2. The molecule has 26 heavy (non-hydrogen) atoms. The van der Waals surface area contributed by atoms with Gasteiger partial charge in [0.1, 0.15) is 0 Å². The van der Waals surface area contributed by atoms with Crippen molar-refractivity contribution in [3.8, 4) is 0 Å². The van der Waals surface area contributed by atoms with Crippen molar-refractivity contribution in [3.05, 3.63) is 119 Å². The van der Waals surface area contributed by atoms with E-state index in [0.29, 0.717) is 0 Å². The Balaban J connectivity index is 1.81. The summed E-state index contributed by atoms with van der Waals surface area (Å²) in [5.41, 5.74) is 5.93. The van der Waals surface area contributed by atoms with Gasteiger partial charge < -0.3 is 0 Å². The molecule has 1 aliphatic heterocycles. The van der Waals surface area contributed by atoms with E-state index in [2.05, 4.69) is 102 Å². The standard InChI is InChI=1S/C24H19NS/c1-25-22-14-12-18(13-15-22)21-16-23(19-8-4-2-5-9-19)26-24(17-21)20-10-6-3-7-11-20/h2-17H,1H3. The zero-order valence-electron chi connectivity index (χ0n) is 14.6. The Kier molecular flexibility index (Phi) is 4.85. The maximum Gasteiger partial charge on any atom is 0.0571 e. The predicted molar refractivity (Wildman–Crippen MR) is 115 cm³/mol. The van der Waals surface area contributed by atoms with Gasteiger partial charge in [-0.25, -0.2) is 0 Å². The van der Waals surface area contributed by atoms with Crippen molar-refractivity contribution in [1.29, 1.82) is 0 Å². The summed E-state index contributed by atoms with van der Waals surface area (Å²) in [5, 5.41) is 0. The fourth-order valence-electron chi connectivity index (χ4n) is 2.96. The lowest BCUT2D eigenvalue weighted by atomic mass is 9.99. The highest BCUT2D eigenvalue weighted by Crippen LogP contribution is 2.44. The summed E-state index contributed by atoms with van der Waals surface area (Å²) in [6.07, 6.45) is 13.0. The molecule has 2 heteroatoms. The first-order valence-electron chi connectivity index (χ1n) is 8.63. The van der Waals surface area contributed by atoms with E-state index in [-0.39, 0.29) is 0 Å². The fourth-order valence-corrected chi connectivity index (χ4v) is 4.08. The van der Waals surface area contributed by atoms with Crippen molar-refractivity contribution in [2.24, 2.45) is 4.99 Å². The minimum atomic E-state index is 0.999. The first kappa shape index (κ1) is 16.6. The summed E-state index contributed by atoms with van der Waals surface area (Å²) in [4.78, 5) is 6.78. The van der Waals surface area contributed by atoms with Crippen LogP contribution in [0.2, 0.25) is 0 Å². The highest BCUT2D eigenvalue weighted by Gasteiger charge is 2.16. The Hall–Kier alpha value is -2.84. The topological polar surface area (TPSA) is 12.4 Å². The maximum atomic E-state index is 4.24. The first-order valence-corrected chi connectivity index (χ1v) is 9.44. The van der Waals surface area contributed by atoms with Crippen LogP contribution in [0, 0.1) is 0 Å². The van der Waals surface area contributed by atoms with Gasteiger partial charge in [-0.05, 0) is 46.6 Å². The molecule has 0 saturated carbocycles. The quantitative estimate of drug-likeness (QED) is 0.616. The van der Waals surface area contributed by atoms with E-state index in [9.17, 15) is 0 Å². The van der Waals surface area contributed by atoms with Gasteiger partial charge in [-0.1, -0.05) is 84.6 Å². The lowest BCUT2D eigenvalue weighted by Crippen LogP contribution is -1.97. The SMILES string of the molecule is CN=C1C=CC(=C2C=C(c3ccccc3)SC(c3ccccc3)=C2)C=C1. The average molecular weight is 353 g/mol. The van der Waals surface area contributed by atoms with Crippen molar-refractivity contribution in [2.45, 2.75) is 0 Å². The molecule has 1 nitrogen and oxygen atoms in total. The second-order valence-corrected chi connectivity index (χ2v) is 7.16. The number of hydrogen-bond donors (Lipinski definition) is 0. The molecule has 0 fully saturated rings. The molecule has 0 atom stereocenters. The van der Waals surface area contributed by atoms with Crippen LogP contribution in [-0.2, 0) is 0 Å². The van der Waals surface area contributed by atoms with Gasteiger partial charge in [0.15, 0.2) is 0 Å². The second kappa shape index (κ2) is 7.59. The second-order valence-electron chi connectivity index (χ2n) is 6.08.